The van der Waals surface area contributed by atoms with E-state index in [1.54, 1.807) is 0 Å². The molecule has 2 aromatic carbocycles. The molecule has 0 spiro atoms. The molecule has 62 heavy (non-hydrogen) atoms. The summed E-state index contributed by atoms with van der Waals surface area (Å²) >= 11 is 0. The summed E-state index contributed by atoms with van der Waals surface area (Å²) in [6, 6.07) is 21.5. The summed E-state index contributed by atoms with van der Waals surface area (Å²) in [4.78, 5) is 0. The molecule has 0 aliphatic carbocycles. The molecular formula is C50H68N8O4+2. The van der Waals surface area contributed by atoms with Crippen LogP contribution in [0.1, 0.15) is 113 Å². The molecule has 0 saturated heterocycles. The van der Waals surface area contributed by atoms with Crippen molar-refractivity contribution in [2.45, 2.75) is 118 Å². The lowest BCUT2D eigenvalue weighted by molar-refractivity contribution is -0.696. The Morgan fingerprint density at radius 2 is 0.823 bits per heavy atom. The van der Waals surface area contributed by atoms with Crippen LogP contribution in [0.3, 0.4) is 0 Å². The predicted octanol–water partition coefficient (Wildman–Crippen LogP) is 8.28. The number of hydrogen-bond acceptors (Lipinski definition) is 8. The predicted molar refractivity (Wildman–Crippen MR) is 242 cm³/mol. The van der Waals surface area contributed by atoms with Crippen molar-refractivity contribution in [2.75, 3.05) is 39.6 Å². The highest BCUT2D eigenvalue weighted by atomic mass is 16.5. The van der Waals surface area contributed by atoms with Crippen LogP contribution in [0.15, 0.2) is 97.8 Å². The summed E-state index contributed by atoms with van der Waals surface area (Å²) in [6.07, 6.45) is 14.1. The van der Waals surface area contributed by atoms with Crippen molar-refractivity contribution in [1.29, 1.82) is 0 Å². The second-order valence-corrected chi connectivity index (χ2v) is 17.2. The number of aromatic nitrogens is 8. The smallest absolute Gasteiger partial charge is 0.169 e. The third-order valence-electron chi connectivity index (χ3n) is 11.1. The van der Waals surface area contributed by atoms with Gasteiger partial charge >= 0.3 is 0 Å². The first kappa shape index (κ1) is 46.1. The van der Waals surface area contributed by atoms with Gasteiger partial charge in [0, 0.05) is 36.7 Å². The molecule has 0 radical (unpaired) electrons. The van der Waals surface area contributed by atoms with Crippen molar-refractivity contribution in [3.63, 3.8) is 0 Å². The van der Waals surface area contributed by atoms with Crippen LogP contribution in [0.5, 0.6) is 11.5 Å². The van der Waals surface area contributed by atoms with E-state index in [4.69, 9.17) is 18.9 Å². The molecule has 12 nitrogen and oxygen atoms in total. The number of aryl methyl sites for hydroxylation is 4. The minimum absolute atomic E-state index is 0.402. The van der Waals surface area contributed by atoms with Gasteiger partial charge in [0.15, 0.2) is 37.9 Å². The van der Waals surface area contributed by atoms with Crippen LogP contribution < -0.4 is 18.6 Å². The van der Waals surface area contributed by atoms with Crippen LogP contribution in [0.4, 0.5) is 0 Å². The molecule has 12 heteroatoms. The van der Waals surface area contributed by atoms with Crippen LogP contribution in [0, 0.1) is 0 Å². The zero-order valence-electron chi connectivity index (χ0n) is 38.2. The summed E-state index contributed by atoms with van der Waals surface area (Å²) < 4.78 is 32.3. The molecule has 6 aromatic rings. The molecule has 6 rings (SSSR count). The molecule has 0 bridgehead atoms. The largest absolute Gasteiger partial charge is 0.491 e. The molecule has 4 aromatic heterocycles. The quantitative estimate of drug-likeness (QED) is 0.0419. The SMILES string of the molecule is CC(C)c1cccc(C(C)C)c1OCCOCCn1cc(CC[n+]2ccc(-c3cc[n+](CCc4cn(CCOCCOc5c(C(C)C)cccc5C(C)C)nn4)cc3)cc2)nn1. The van der Waals surface area contributed by atoms with E-state index in [0.717, 1.165) is 48.8 Å². The highest BCUT2D eigenvalue weighted by Gasteiger charge is 2.17. The van der Waals surface area contributed by atoms with E-state index in [1.165, 1.54) is 33.4 Å². The molecule has 4 heterocycles. The Bertz CT molecular complexity index is 2030. The third kappa shape index (κ3) is 13.3. The number of para-hydroxylation sites is 2. The first-order chi connectivity index (χ1) is 30.0. The van der Waals surface area contributed by atoms with Crippen molar-refractivity contribution < 1.29 is 28.1 Å². The van der Waals surface area contributed by atoms with E-state index in [1.807, 2.05) is 21.8 Å². The molecule has 330 valence electrons. The lowest BCUT2D eigenvalue weighted by atomic mass is 9.94. The molecule has 0 N–H and O–H groups in total. The maximum Gasteiger partial charge on any atom is 0.169 e. The lowest BCUT2D eigenvalue weighted by Gasteiger charge is -2.20. The molecule has 0 fully saturated rings. The Hall–Kier alpha value is -5.46. The minimum atomic E-state index is 0.402. The van der Waals surface area contributed by atoms with Gasteiger partial charge in [-0.2, -0.15) is 0 Å². The van der Waals surface area contributed by atoms with Gasteiger partial charge in [0.25, 0.3) is 0 Å². The fourth-order valence-electron chi connectivity index (χ4n) is 7.43. The molecule has 0 unspecified atom stereocenters. The van der Waals surface area contributed by atoms with Crippen molar-refractivity contribution in [2.24, 2.45) is 0 Å². The Morgan fingerprint density at radius 1 is 0.468 bits per heavy atom. The maximum absolute atomic E-state index is 6.24. The number of ether oxygens (including phenoxy) is 4. The van der Waals surface area contributed by atoms with E-state index < -0.39 is 0 Å². The Morgan fingerprint density at radius 3 is 1.16 bits per heavy atom. The number of rotatable bonds is 25. The number of nitrogens with zero attached hydrogens (tertiary/aromatic N) is 8. The van der Waals surface area contributed by atoms with Gasteiger partial charge in [-0.15, -0.1) is 10.2 Å². The zero-order chi connectivity index (χ0) is 43.8. The van der Waals surface area contributed by atoms with E-state index >= 15 is 0 Å². The van der Waals surface area contributed by atoms with Crippen LogP contribution in [0.2, 0.25) is 0 Å². The lowest BCUT2D eigenvalue weighted by Crippen LogP contribution is -2.34. The second kappa shape index (κ2) is 23.1. The van der Waals surface area contributed by atoms with Gasteiger partial charge in [0.2, 0.25) is 0 Å². The van der Waals surface area contributed by atoms with Gasteiger partial charge in [0.05, 0.1) is 63.7 Å². The van der Waals surface area contributed by atoms with Crippen molar-refractivity contribution in [3.8, 4) is 22.6 Å². The molecule has 0 aliphatic rings. The number of hydrogen-bond donors (Lipinski definition) is 0. The molecule has 0 atom stereocenters. The molecule has 0 amide bonds. The fourth-order valence-corrected chi connectivity index (χ4v) is 7.43. The topological polar surface area (TPSA) is 106 Å². The fraction of sp³-hybridized carbons (Fsp3) is 0.480. The number of benzene rings is 2. The average molecular weight is 845 g/mol. The van der Waals surface area contributed by atoms with Gasteiger partial charge in [-0.25, -0.2) is 18.5 Å². The molecular weight excluding hydrogens is 777 g/mol. The molecule has 0 saturated carbocycles. The van der Waals surface area contributed by atoms with Crippen molar-refractivity contribution in [1.82, 2.24) is 30.0 Å². The van der Waals surface area contributed by atoms with Gasteiger partial charge in [-0.05, 0) is 57.1 Å². The highest BCUT2D eigenvalue weighted by Crippen LogP contribution is 2.35. The summed E-state index contributed by atoms with van der Waals surface area (Å²) in [5.41, 5.74) is 9.25. The summed E-state index contributed by atoms with van der Waals surface area (Å²) in [6.45, 7) is 23.8. The first-order valence-corrected chi connectivity index (χ1v) is 22.5. The first-order valence-electron chi connectivity index (χ1n) is 22.5. The van der Waals surface area contributed by atoms with Crippen molar-refractivity contribution in [3.05, 3.63) is 131 Å². The van der Waals surface area contributed by atoms with Gasteiger partial charge < -0.3 is 18.9 Å². The monoisotopic (exact) mass is 845 g/mol. The standard InChI is InChI=1S/C50H68N8O4/c1-37(2)45-11-9-12-46(38(3)4)49(45)61-33-31-59-29-27-57-35-43(51-53-57)19-25-55-21-15-41(16-22-55)42-17-23-56(24-18-42)26-20-44-36-58(54-52-44)28-30-60-32-34-62-50-47(39(5)6)13-10-14-48(50)40(7)8/h9-18,21-24,35-40H,19-20,25-34H2,1-8H3/q+2. The Labute approximate surface area is 368 Å². The normalized spacial score (nSPS) is 11.7. The van der Waals surface area contributed by atoms with Gasteiger partial charge in [-0.1, -0.05) is 102 Å². The van der Waals surface area contributed by atoms with Crippen LogP contribution in [-0.2, 0) is 48.5 Å². The summed E-state index contributed by atoms with van der Waals surface area (Å²) in [7, 11) is 0. The van der Waals surface area contributed by atoms with E-state index in [0.29, 0.717) is 76.4 Å². The van der Waals surface area contributed by atoms with Crippen LogP contribution in [0.25, 0.3) is 11.1 Å². The highest BCUT2D eigenvalue weighted by molar-refractivity contribution is 5.61. The van der Waals surface area contributed by atoms with E-state index in [2.05, 4.69) is 171 Å². The van der Waals surface area contributed by atoms with E-state index in [-0.39, 0.29) is 0 Å². The maximum atomic E-state index is 6.24. The zero-order valence-corrected chi connectivity index (χ0v) is 38.2. The van der Waals surface area contributed by atoms with Gasteiger partial charge in [-0.3, -0.25) is 0 Å². The van der Waals surface area contributed by atoms with Gasteiger partial charge in [0.1, 0.15) is 24.7 Å². The van der Waals surface area contributed by atoms with E-state index in [9.17, 15) is 0 Å². The third-order valence-corrected chi connectivity index (χ3v) is 11.1. The minimum Gasteiger partial charge on any atom is -0.491 e. The van der Waals surface area contributed by atoms with Crippen molar-refractivity contribution >= 4 is 0 Å². The van der Waals surface area contributed by atoms with Crippen LogP contribution in [-0.4, -0.2) is 69.6 Å². The molecule has 0 aliphatic heterocycles. The van der Waals surface area contributed by atoms with Crippen LogP contribution >= 0.6 is 0 Å². The second-order valence-electron chi connectivity index (χ2n) is 17.2. The average Bonchev–Trinajstić information content (AvgIpc) is 3.94. The Balaban J connectivity index is 0.852. The summed E-state index contributed by atoms with van der Waals surface area (Å²) in [5, 5.41) is 17.4. The Kier molecular flexibility index (Phi) is 17.2. The number of pyridine rings is 2. The summed E-state index contributed by atoms with van der Waals surface area (Å²) in [5.74, 6) is 3.63.